The van der Waals surface area contributed by atoms with Crippen LogP contribution in [0.5, 0.6) is 5.75 Å². The first kappa shape index (κ1) is 24.7. The van der Waals surface area contributed by atoms with E-state index in [0.29, 0.717) is 17.1 Å². The molecule has 0 aliphatic rings. The summed E-state index contributed by atoms with van der Waals surface area (Å²) >= 11 is 0. The van der Waals surface area contributed by atoms with E-state index in [1.54, 1.807) is 31.2 Å². The third-order valence-electron chi connectivity index (χ3n) is 5.63. The second kappa shape index (κ2) is 10.1. The molecule has 4 aromatic rings. The SMILES string of the molecule is COc1ccccc1NS(=O)(=O)c1ccc(C)c(C(=O)NNC(=O)Cc2nc3ccccc3n2C)c1. The predicted molar refractivity (Wildman–Crippen MR) is 135 cm³/mol. The van der Waals surface area contributed by atoms with Crippen molar-refractivity contribution in [2.45, 2.75) is 18.2 Å². The summed E-state index contributed by atoms with van der Waals surface area (Å²) < 4.78 is 35.4. The van der Waals surface area contributed by atoms with Gasteiger partial charge in [0.2, 0.25) is 5.91 Å². The van der Waals surface area contributed by atoms with Crippen LogP contribution in [-0.2, 0) is 28.3 Å². The summed E-state index contributed by atoms with van der Waals surface area (Å²) in [5.74, 6) is -0.231. The molecule has 36 heavy (non-hydrogen) atoms. The van der Waals surface area contributed by atoms with E-state index in [2.05, 4.69) is 20.6 Å². The normalized spacial score (nSPS) is 11.2. The van der Waals surface area contributed by atoms with Gasteiger partial charge in [-0.05, 0) is 48.9 Å². The number of hydrogen-bond acceptors (Lipinski definition) is 6. The van der Waals surface area contributed by atoms with Gasteiger partial charge in [0.1, 0.15) is 11.6 Å². The highest BCUT2D eigenvalue weighted by Crippen LogP contribution is 2.26. The van der Waals surface area contributed by atoms with Gasteiger partial charge in [0.25, 0.3) is 15.9 Å². The number of para-hydroxylation sites is 4. The zero-order valence-electron chi connectivity index (χ0n) is 19.9. The lowest BCUT2D eigenvalue weighted by Gasteiger charge is -2.14. The minimum atomic E-state index is -4.02. The quantitative estimate of drug-likeness (QED) is 0.330. The standard InChI is InChI=1S/C25H25N5O5S/c1-16-12-13-17(36(33,34)29-20-9-5-7-11-22(20)35-3)14-18(16)25(32)28-27-24(31)15-23-26-19-8-4-6-10-21(19)30(23)2/h4-14,29H,15H2,1-3H3,(H,27,31)(H,28,32). The lowest BCUT2D eigenvalue weighted by Crippen LogP contribution is -2.43. The van der Waals surface area contributed by atoms with E-state index in [-0.39, 0.29) is 22.6 Å². The number of sulfonamides is 1. The Balaban J connectivity index is 1.46. The Bertz CT molecular complexity index is 1560. The molecule has 186 valence electrons. The number of nitrogens with one attached hydrogen (secondary N) is 3. The highest BCUT2D eigenvalue weighted by Gasteiger charge is 2.20. The van der Waals surface area contributed by atoms with E-state index in [4.69, 9.17) is 4.74 Å². The number of aromatic nitrogens is 2. The van der Waals surface area contributed by atoms with Gasteiger partial charge in [-0.1, -0.05) is 30.3 Å². The average Bonchev–Trinajstić information content (AvgIpc) is 3.17. The summed E-state index contributed by atoms with van der Waals surface area (Å²) in [6, 6.07) is 18.3. The Hall–Kier alpha value is -4.38. The third-order valence-corrected chi connectivity index (χ3v) is 6.99. The van der Waals surface area contributed by atoms with Crippen LogP contribution in [0.25, 0.3) is 11.0 Å². The van der Waals surface area contributed by atoms with E-state index >= 15 is 0 Å². The van der Waals surface area contributed by atoms with E-state index in [1.807, 2.05) is 35.9 Å². The van der Waals surface area contributed by atoms with Crippen molar-refractivity contribution in [3.8, 4) is 5.75 Å². The Morgan fingerprint density at radius 3 is 2.47 bits per heavy atom. The first-order valence-electron chi connectivity index (χ1n) is 11.0. The molecule has 1 aromatic heterocycles. The Morgan fingerprint density at radius 2 is 1.72 bits per heavy atom. The molecule has 0 saturated heterocycles. The maximum atomic E-state index is 13.0. The molecule has 0 atom stereocenters. The topological polar surface area (TPSA) is 131 Å². The van der Waals surface area contributed by atoms with Gasteiger partial charge in [0.05, 0.1) is 35.1 Å². The molecule has 0 bridgehead atoms. The summed E-state index contributed by atoms with van der Waals surface area (Å²) in [6.45, 7) is 1.67. The highest BCUT2D eigenvalue weighted by molar-refractivity contribution is 7.92. The van der Waals surface area contributed by atoms with Crippen molar-refractivity contribution in [3.63, 3.8) is 0 Å². The van der Waals surface area contributed by atoms with Crippen LogP contribution >= 0.6 is 0 Å². The number of hydrogen-bond donors (Lipinski definition) is 3. The fourth-order valence-electron chi connectivity index (χ4n) is 3.68. The summed E-state index contributed by atoms with van der Waals surface area (Å²) in [7, 11) is -0.770. The number of benzene rings is 3. The number of ether oxygens (including phenoxy) is 1. The molecule has 3 N–H and O–H groups in total. The molecule has 0 unspecified atom stereocenters. The summed E-state index contributed by atoms with van der Waals surface area (Å²) in [5.41, 5.74) is 7.27. The molecule has 0 fully saturated rings. The highest BCUT2D eigenvalue weighted by atomic mass is 32.2. The molecule has 1 heterocycles. The maximum absolute atomic E-state index is 13.0. The fraction of sp³-hybridized carbons (Fsp3) is 0.160. The van der Waals surface area contributed by atoms with Crippen LogP contribution in [0.3, 0.4) is 0 Å². The molecular weight excluding hydrogens is 482 g/mol. The fourth-order valence-corrected chi connectivity index (χ4v) is 4.78. The van der Waals surface area contributed by atoms with E-state index in [1.165, 1.54) is 25.3 Å². The van der Waals surface area contributed by atoms with Gasteiger partial charge in [0.15, 0.2) is 0 Å². The van der Waals surface area contributed by atoms with Crippen molar-refractivity contribution in [3.05, 3.63) is 83.7 Å². The number of methoxy groups -OCH3 is 1. The largest absolute Gasteiger partial charge is 0.495 e. The lowest BCUT2D eigenvalue weighted by molar-refractivity contribution is -0.121. The van der Waals surface area contributed by atoms with Crippen molar-refractivity contribution in [2.75, 3.05) is 11.8 Å². The van der Waals surface area contributed by atoms with Crippen LogP contribution in [0, 0.1) is 6.92 Å². The van der Waals surface area contributed by atoms with Crippen LogP contribution in [-0.4, -0.2) is 36.9 Å². The number of hydrazine groups is 1. The lowest BCUT2D eigenvalue weighted by atomic mass is 10.1. The van der Waals surface area contributed by atoms with E-state index < -0.39 is 21.8 Å². The summed E-state index contributed by atoms with van der Waals surface area (Å²) in [4.78, 5) is 29.6. The second-order valence-electron chi connectivity index (χ2n) is 8.04. The number of imidazole rings is 1. The monoisotopic (exact) mass is 507 g/mol. The van der Waals surface area contributed by atoms with Gasteiger partial charge >= 0.3 is 0 Å². The van der Waals surface area contributed by atoms with E-state index in [0.717, 1.165) is 11.0 Å². The molecule has 0 aliphatic carbocycles. The maximum Gasteiger partial charge on any atom is 0.269 e. The molecule has 0 radical (unpaired) electrons. The molecule has 0 aliphatic heterocycles. The van der Waals surface area contributed by atoms with Crippen LogP contribution < -0.4 is 20.3 Å². The molecular formula is C25H25N5O5S. The van der Waals surface area contributed by atoms with Gasteiger partial charge in [-0.3, -0.25) is 25.2 Å². The molecule has 10 nitrogen and oxygen atoms in total. The van der Waals surface area contributed by atoms with Crippen molar-refractivity contribution in [2.24, 2.45) is 7.05 Å². The van der Waals surface area contributed by atoms with Crippen LogP contribution in [0.1, 0.15) is 21.7 Å². The zero-order valence-corrected chi connectivity index (χ0v) is 20.7. The number of fused-ring (bicyclic) bond motifs is 1. The number of rotatable bonds is 7. The molecule has 2 amide bonds. The Labute approximate surface area is 208 Å². The number of carbonyl (C=O) groups excluding carboxylic acids is 2. The Morgan fingerprint density at radius 1 is 1.00 bits per heavy atom. The van der Waals surface area contributed by atoms with Crippen LogP contribution in [0.15, 0.2) is 71.6 Å². The van der Waals surface area contributed by atoms with Crippen LogP contribution in [0.4, 0.5) is 5.69 Å². The number of anilines is 1. The minimum Gasteiger partial charge on any atom is -0.495 e. The van der Waals surface area contributed by atoms with Gasteiger partial charge in [-0.2, -0.15) is 0 Å². The third kappa shape index (κ3) is 5.15. The van der Waals surface area contributed by atoms with Crippen molar-refractivity contribution >= 4 is 38.6 Å². The zero-order chi connectivity index (χ0) is 25.9. The number of amides is 2. The first-order valence-corrected chi connectivity index (χ1v) is 12.4. The molecule has 0 spiro atoms. The van der Waals surface area contributed by atoms with Crippen molar-refractivity contribution in [1.82, 2.24) is 20.4 Å². The molecule has 0 saturated carbocycles. The predicted octanol–water partition coefficient (Wildman–Crippen LogP) is 2.69. The molecule has 3 aromatic carbocycles. The van der Waals surface area contributed by atoms with Gasteiger partial charge in [-0.15, -0.1) is 0 Å². The summed E-state index contributed by atoms with van der Waals surface area (Å²) in [5, 5.41) is 0. The van der Waals surface area contributed by atoms with Gasteiger partial charge < -0.3 is 9.30 Å². The number of aryl methyl sites for hydroxylation is 2. The van der Waals surface area contributed by atoms with Crippen LogP contribution in [0.2, 0.25) is 0 Å². The second-order valence-corrected chi connectivity index (χ2v) is 9.72. The summed E-state index contributed by atoms with van der Waals surface area (Å²) in [6.07, 6.45) is -0.0539. The van der Waals surface area contributed by atoms with Gasteiger partial charge in [0, 0.05) is 12.6 Å². The van der Waals surface area contributed by atoms with Crippen molar-refractivity contribution < 1.29 is 22.7 Å². The smallest absolute Gasteiger partial charge is 0.269 e. The number of carbonyl (C=O) groups is 2. The first-order chi connectivity index (χ1) is 17.2. The average molecular weight is 508 g/mol. The van der Waals surface area contributed by atoms with Crippen molar-refractivity contribution in [1.29, 1.82) is 0 Å². The minimum absolute atomic E-state index is 0.0539. The van der Waals surface area contributed by atoms with Gasteiger partial charge in [-0.25, -0.2) is 13.4 Å². The van der Waals surface area contributed by atoms with E-state index in [9.17, 15) is 18.0 Å². The molecule has 11 heteroatoms. The molecule has 4 rings (SSSR count). The number of nitrogens with zero attached hydrogens (tertiary/aromatic N) is 2. The Kier molecular flexibility index (Phi) is 6.93.